The third kappa shape index (κ3) is 4.97. The second-order valence-electron chi connectivity index (χ2n) is 6.14. The number of phenolic OH excluding ortho intramolecular Hbond substituents is 1. The van der Waals surface area contributed by atoms with Gasteiger partial charge in [0.1, 0.15) is 4.90 Å². The van der Waals surface area contributed by atoms with E-state index in [9.17, 15) is 18.8 Å². The number of nitrogens with zero attached hydrogens (tertiary/aromatic N) is 3. The molecule has 1 aliphatic heterocycles. The summed E-state index contributed by atoms with van der Waals surface area (Å²) in [4.78, 5) is 7.47. The number of nitriles is 1. The van der Waals surface area contributed by atoms with Crippen LogP contribution in [0.3, 0.4) is 0 Å². The lowest BCUT2D eigenvalue weighted by molar-refractivity contribution is -0.129. The number of hydroxylamine groups is 1. The van der Waals surface area contributed by atoms with Gasteiger partial charge in [-0.15, -0.1) is 10.0 Å². The summed E-state index contributed by atoms with van der Waals surface area (Å²) in [6.45, 7) is 0.661. The zero-order valence-corrected chi connectivity index (χ0v) is 18.6. The zero-order valence-electron chi connectivity index (χ0n) is 15.6. The normalized spacial score (nSPS) is 14.3. The second-order valence-corrected chi connectivity index (χ2v) is 8.93. The first-order valence-corrected chi connectivity index (χ1v) is 11.2. The van der Waals surface area contributed by atoms with Gasteiger partial charge in [-0.2, -0.15) is 5.26 Å². The molecule has 1 heterocycles. The number of hydrogen-bond acceptors (Lipinski definition) is 7. The molecule has 1 aliphatic rings. The Morgan fingerprint density at radius 3 is 2.65 bits per heavy atom. The predicted octanol–water partition coefficient (Wildman–Crippen LogP) is 3.52. The molecule has 0 radical (unpaired) electrons. The zero-order chi connectivity index (χ0) is 22.8. The van der Waals surface area contributed by atoms with Crippen LogP contribution in [0.2, 0.25) is 15.1 Å². The van der Waals surface area contributed by atoms with E-state index in [-0.39, 0.29) is 26.4 Å². The highest BCUT2D eigenvalue weighted by Crippen LogP contribution is 2.38. The highest BCUT2D eigenvalue weighted by molar-refractivity contribution is 7.89. The molecule has 14 heteroatoms. The van der Waals surface area contributed by atoms with Crippen molar-refractivity contribution in [1.29, 1.82) is 10.7 Å². The lowest BCUT2D eigenvalue weighted by Gasteiger charge is -2.21. The Balaban J connectivity index is 1.91. The van der Waals surface area contributed by atoms with E-state index in [4.69, 9.17) is 45.0 Å². The van der Waals surface area contributed by atoms with Crippen LogP contribution in [0.4, 0.5) is 11.4 Å². The van der Waals surface area contributed by atoms with Crippen molar-refractivity contribution in [2.24, 2.45) is 0 Å². The molecule has 164 valence electrons. The van der Waals surface area contributed by atoms with Gasteiger partial charge >= 0.3 is 0 Å². The molecule has 2 aromatic rings. The van der Waals surface area contributed by atoms with Gasteiger partial charge in [-0.25, -0.2) is 13.3 Å². The number of aromatic hydroxyl groups is 1. The molecule has 0 bridgehead atoms. The first-order valence-electron chi connectivity index (χ1n) is 8.59. The summed E-state index contributed by atoms with van der Waals surface area (Å²) in [7, 11) is -4.31. The fourth-order valence-corrected chi connectivity index (χ4v) is 4.70. The molecule has 0 amide bonds. The van der Waals surface area contributed by atoms with E-state index in [1.54, 1.807) is 6.19 Å². The summed E-state index contributed by atoms with van der Waals surface area (Å²) >= 11 is 18.1. The van der Waals surface area contributed by atoms with Gasteiger partial charge in [-0.05, 0) is 30.7 Å². The van der Waals surface area contributed by atoms with E-state index in [2.05, 4.69) is 10.1 Å². The van der Waals surface area contributed by atoms with Gasteiger partial charge in [-0.3, -0.25) is 10.2 Å². The molecule has 0 unspecified atom stereocenters. The van der Waals surface area contributed by atoms with E-state index >= 15 is 0 Å². The Morgan fingerprint density at radius 1 is 1.26 bits per heavy atom. The number of hydrazine groups is 1. The molecule has 0 aromatic heterocycles. The average molecular weight is 506 g/mol. The maximum absolute atomic E-state index is 12.7. The highest BCUT2D eigenvalue weighted by Gasteiger charge is 2.29. The van der Waals surface area contributed by atoms with Gasteiger partial charge in [0.25, 0.3) is 10.0 Å². The van der Waals surface area contributed by atoms with Crippen LogP contribution in [-0.4, -0.2) is 37.8 Å². The second kappa shape index (κ2) is 9.46. The largest absolute Gasteiger partial charge is 0.504 e. The Morgan fingerprint density at radius 2 is 2.00 bits per heavy atom. The summed E-state index contributed by atoms with van der Waals surface area (Å²) in [5.74, 6) is -1.28. The van der Waals surface area contributed by atoms with Crippen LogP contribution in [0.25, 0.3) is 0 Å². The van der Waals surface area contributed by atoms with Crippen molar-refractivity contribution in [3.63, 3.8) is 0 Å². The van der Waals surface area contributed by atoms with Crippen LogP contribution in [-0.2, 0) is 14.9 Å². The molecule has 2 aromatic carbocycles. The SMILES string of the molecule is N#CN(C(=N)Nc1ccc(Cl)c(S(=O)(=O)NN2CCCO2)c1O)c1cccc(Cl)c1Cl. The van der Waals surface area contributed by atoms with Crippen molar-refractivity contribution in [3.8, 4) is 11.9 Å². The van der Waals surface area contributed by atoms with Gasteiger partial charge in [0, 0.05) is 6.54 Å². The number of rotatable bonds is 5. The fourth-order valence-electron chi connectivity index (χ4n) is 2.68. The number of guanidine groups is 1. The summed E-state index contributed by atoms with van der Waals surface area (Å²) in [6, 6.07) is 6.99. The Kier molecular flexibility index (Phi) is 7.13. The predicted molar refractivity (Wildman–Crippen MR) is 117 cm³/mol. The Labute approximate surface area is 193 Å². The van der Waals surface area contributed by atoms with Crippen LogP contribution in [0.15, 0.2) is 35.2 Å². The first kappa shape index (κ1) is 23.4. The van der Waals surface area contributed by atoms with E-state index in [1.807, 2.05) is 0 Å². The fraction of sp³-hybridized carbons (Fsp3) is 0.176. The summed E-state index contributed by atoms with van der Waals surface area (Å²) in [5, 5.41) is 31.7. The van der Waals surface area contributed by atoms with Gasteiger partial charge in [-0.1, -0.05) is 40.9 Å². The topological polar surface area (TPSA) is 142 Å². The summed E-state index contributed by atoms with van der Waals surface area (Å²) in [5.41, 5.74) is -0.0705. The number of nitrogens with one attached hydrogen (secondary N) is 3. The monoisotopic (exact) mass is 504 g/mol. The third-order valence-corrected chi connectivity index (χ3v) is 6.71. The Bertz CT molecular complexity index is 1170. The van der Waals surface area contributed by atoms with Crippen LogP contribution in [0.1, 0.15) is 6.42 Å². The van der Waals surface area contributed by atoms with E-state index < -0.39 is 26.6 Å². The Hall–Kier alpha value is -2.30. The minimum absolute atomic E-state index is 0.0377. The molecule has 0 saturated carbocycles. The number of benzene rings is 2. The van der Waals surface area contributed by atoms with E-state index in [0.717, 1.165) is 10.1 Å². The van der Waals surface area contributed by atoms with Crippen molar-refractivity contribution in [3.05, 3.63) is 45.4 Å². The average Bonchev–Trinajstić information content (AvgIpc) is 3.20. The number of phenols is 1. The number of hydrogen-bond donors (Lipinski definition) is 4. The molecular formula is C17H15Cl3N6O4S. The van der Waals surface area contributed by atoms with Crippen LogP contribution < -0.4 is 15.0 Å². The molecule has 0 atom stereocenters. The molecule has 0 spiro atoms. The number of anilines is 2. The quantitative estimate of drug-likeness (QED) is 0.159. The molecular weight excluding hydrogens is 491 g/mol. The van der Waals surface area contributed by atoms with Crippen LogP contribution in [0, 0.1) is 16.9 Å². The minimum Gasteiger partial charge on any atom is -0.504 e. The van der Waals surface area contributed by atoms with Crippen molar-refractivity contribution in [1.82, 2.24) is 10.0 Å². The summed E-state index contributed by atoms with van der Waals surface area (Å²) < 4.78 is 25.4. The molecule has 31 heavy (non-hydrogen) atoms. The van der Waals surface area contributed by atoms with E-state index in [0.29, 0.717) is 19.6 Å². The summed E-state index contributed by atoms with van der Waals surface area (Å²) in [6.07, 6.45) is 2.39. The van der Waals surface area contributed by atoms with Crippen molar-refractivity contribution >= 4 is 62.2 Å². The van der Waals surface area contributed by atoms with Gasteiger partial charge in [0.2, 0.25) is 5.96 Å². The third-order valence-electron chi connectivity index (χ3n) is 4.08. The van der Waals surface area contributed by atoms with Gasteiger partial charge in [0.15, 0.2) is 11.9 Å². The van der Waals surface area contributed by atoms with Crippen LogP contribution >= 0.6 is 34.8 Å². The van der Waals surface area contributed by atoms with Crippen molar-refractivity contribution in [2.45, 2.75) is 11.3 Å². The van der Waals surface area contributed by atoms with Crippen molar-refractivity contribution < 1.29 is 18.4 Å². The van der Waals surface area contributed by atoms with Gasteiger partial charge in [0.05, 0.1) is 33.0 Å². The molecule has 10 nitrogen and oxygen atoms in total. The molecule has 1 fully saturated rings. The molecule has 0 aliphatic carbocycles. The van der Waals surface area contributed by atoms with Crippen molar-refractivity contribution in [2.75, 3.05) is 23.4 Å². The smallest absolute Gasteiger partial charge is 0.260 e. The minimum atomic E-state index is -4.31. The highest BCUT2D eigenvalue weighted by atomic mass is 35.5. The maximum Gasteiger partial charge on any atom is 0.260 e. The number of sulfonamides is 1. The lowest BCUT2D eigenvalue weighted by Crippen LogP contribution is -2.39. The van der Waals surface area contributed by atoms with Gasteiger partial charge < -0.3 is 10.4 Å². The lowest BCUT2D eigenvalue weighted by atomic mass is 10.2. The standard InChI is InChI=1S/C17H15Cl3N6O4S/c18-10-3-1-4-13(14(10)20)25(9-21)17(22)23-12-6-5-11(19)16(15(12)27)31(28,29)24-26-7-2-8-30-26/h1,3-6,24,27H,2,7-8H2,(H2,22,23). The van der Waals surface area contributed by atoms with Crippen LogP contribution in [0.5, 0.6) is 5.75 Å². The maximum atomic E-state index is 12.7. The molecule has 4 N–H and O–H groups in total. The number of halogens is 3. The van der Waals surface area contributed by atoms with E-state index in [1.165, 1.54) is 30.3 Å². The first-order chi connectivity index (χ1) is 14.7. The molecule has 1 saturated heterocycles. The molecule has 3 rings (SSSR count).